The van der Waals surface area contributed by atoms with E-state index >= 15 is 0 Å². The quantitative estimate of drug-likeness (QED) is 0.616. The highest BCUT2D eigenvalue weighted by molar-refractivity contribution is 5.83. The molecule has 0 unspecified atom stereocenters. The second-order valence-electron chi connectivity index (χ2n) is 5.99. The van der Waals surface area contributed by atoms with Crippen molar-refractivity contribution in [2.45, 2.75) is 81.4 Å². The molecule has 0 amide bonds. The van der Waals surface area contributed by atoms with E-state index in [9.17, 15) is 4.79 Å². The summed E-state index contributed by atoms with van der Waals surface area (Å²) in [6.45, 7) is 19.3. The topological polar surface area (TPSA) is 73.9 Å². The maximum atomic E-state index is 10.1. The van der Waals surface area contributed by atoms with Gasteiger partial charge in [-0.2, -0.15) is 0 Å². The van der Waals surface area contributed by atoms with Gasteiger partial charge in [0.05, 0.1) is 11.8 Å². The van der Waals surface area contributed by atoms with Gasteiger partial charge in [0.2, 0.25) is 0 Å². The first kappa shape index (κ1) is 25.0. The van der Waals surface area contributed by atoms with E-state index < -0.39 is 0 Å². The molecule has 0 heterocycles. The molecule has 0 fully saturated rings. The van der Waals surface area contributed by atoms with Crippen LogP contribution < -0.4 is 5.90 Å². The van der Waals surface area contributed by atoms with Gasteiger partial charge < -0.3 is 9.68 Å². The minimum Gasteiger partial charge on any atom is -0.393 e. The third kappa shape index (κ3) is 28.1. The summed E-state index contributed by atoms with van der Waals surface area (Å²) >= 11 is 0. The molecule has 128 valence electrons. The summed E-state index contributed by atoms with van der Waals surface area (Å²) in [4.78, 5) is 19.4. The molecule has 0 saturated carbocycles. The first-order chi connectivity index (χ1) is 9.45. The largest absolute Gasteiger partial charge is 0.393 e. The number of rotatable bonds is 5. The van der Waals surface area contributed by atoms with Crippen molar-refractivity contribution in [2.75, 3.05) is 0 Å². The minimum atomic E-state index is 0.162. The van der Waals surface area contributed by atoms with Crippen LogP contribution in [0.15, 0.2) is 5.16 Å². The standard InChI is InChI=1S/C8H17NO.C5H10O.C3H9NO/c1-6(2)8(5)9-10-7(3)4;1-4(2)5(3)6;1-3(2)5-4/h6-7H,1-5H3;4H,1-3H3;3H,4H2,1-2H3. The van der Waals surface area contributed by atoms with Crippen molar-refractivity contribution in [3.05, 3.63) is 0 Å². The molecule has 0 atom stereocenters. The van der Waals surface area contributed by atoms with Crippen molar-refractivity contribution >= 4 is 11.5 Å². The van der Waals surface area contributed by atoms with Crippen molar-refractivity contribution in [3.63, 3.8) is 0 Å². The number of hydrogen-bond donors (Lipinski definition) is 1. The number of hydrogen-bond acceptors (Lipinski definition) is 5. The third-order valence-electron chi connectivity index (χ3n) is 2.33. The van der Waals surface area contributed by atoms with Gasteiger partial charge in [0, 0.05) is 5.92 Å². The van der Waals surface area contributed by atoms with Crippen LogP contribution >= 0.6 is 0 Å². The van der Waals surface area contributed by atoms with Crippen molar-refractivity contribution in [2.24, 2.45) is 22.9 Å². The Labute approximate surface area is 131 Å². The zero-order valence-corrected chi connectivity index (χ0v) is 15.6. The maximum Gasteiger partial charge on any atom is 0.132 e. The van der Waals surface area contributed by atoms with Gasteiger partial charge >= 0.3 is 0 Å². The van der Waals surface area contributed by atoms with Crippen LogP contribution in [0.5, 0.6) is 0 Å². The highest BCUT2D eigenvalue weighted by Crippen LogP contribution is 1.98. The minimum absolute atomic E-state index is 0.162. The molecule has 0 aromatic rings. The molecule has 0 bridgehead atoms. The average Bonchev–Trinajstić information content (AvgIpc) is 2.36. The van der Waals surface area contributed by atoms with Crippen LogP contribution in [0.1, 0.15) is 69.2 Å². The Hall–Kier alpha value is -0.940. The van der Waals surface area contributed by atoms with E-state index in [2.05, 4.69) is 29.7 Å². The Morgan fingerprint density at radius 2 is 1.19 bits per heavy atom. The van der Waals surface area contributed by atoms with E-state index in [1.807, 2.05) is 48.5 Å². The number of nitrogens with zero attached hydrogens (tertiary/aromatic N) is 1. The monoisotopic (exact) mass is 304 g/mol. The molecule has 0 saturated heterocycles. The van der Waals surface area contributed by atoms with Crippen LogP contribution in [0, 0.1) is 11.8 Å². The van der Waals surface area contributed by atoms with Crippen LogP contribution in [-0.4, -0.2) is 23.7 Å². The predicted molar refractivity (Wildman–Crippen MR) is 90.1 cm³/mol. The second-order valence-corrected chi connectivity index (χ2v) is 5.99. The summed E-state index contributed by atoms with van der Waals surface area (Å²) in [5.41, 5.74) is 1.05. The van der Waals surface area contributed by atoms with Crippen molar-refractivity contribution in [1.29, 1.82) is 0 Å². The van der Waals surface area contributed by atoms with Gasteiger partial charge in [-0.05, 0) is 47.5 Å². The lowest BCUT2D eigenvalue weighted by Crippen LogP contribution is -2.07. The molecular weight excluding hydrogens is 268 g/mol. The molecule has 0 radical (unpaired) electrons. The maximum absolute atomic E-state index is 10.1. The lowest BCUT2D eigenvalue weighted by molar-refractivity contribution is -0.119. The van der Waals surface area contributed by atoms with Gasteiger partial charge in [0.15, 0.2) is 0 Å². The van der Waals surface area contributed by atoms with Gasteiger partial charge in [0.1, 0.15) is 11.9 Å². The molecule has 0 aliphatic heterocycles. The summed E-state index contributed by atoms with van der Waals surface area (Å²) < 4.78 is 0. The van der Waals surface area contributed by atoms with Crippen LogP contribution in [0.3, 0.4) is 0 Å². The number of carbonyl (C=O) groups is 1. The third-order valence-corrected chi connectivity index (χ3v) is 2.33. The fraction of sp³-hybridized carbons (Fsp3) is 0.875. The molecule has 0 aliphatic rings. The summed E-state index contributed by atoms with van der Waals surface area (Å²) in [5, 5.41) is 3.94. The molecular formula is C16H36N2O3. The Balaban J connectivity index is -0.000000252. The molecule has 0 spiro atoms. The number of nitrogens with two attached hydrogens (primary N) is 1. The molecule has 2 N–H and O–H groups in total. The van der Waals surface area contributed by atoms with E-state index in [0.29, 0.717) is 5.92 Å². The smallest absolute Gasteiger partial charge is 0.132 e. The molecule has 5 nitrogen and oxygen atoms in total. The second kappa shape index (κ2) is 15.4. The van der Waals surface area contributed by atoms with Crippen molar-refractivity contribution in [1.82, 2.24) is 0 Å². The molecule has 5 heteroatoms. The van der Waals surface area contributed by atoms with E-state index in [-0.39, 0.29) is 23.9 Å². The van der Waals surface area contributed by atoms with Crippen LogP contribution in [0.25, 0.3) is 0 Å². The molecule has 0 aliphatic carbocycles. The van der Waals surface area contributed by atoms with E-state index in [4.69, 9.17) is 4.84 Å². The number of Topliss-reactive ketones (excluding diaryl/α,β-unsaturated/α-hetero) is 1. The van der Waals surface area contributed by atoms with Crippen LogP contribution in [-0.2, 0) is 14.5 Å². The van der Waals surface area contributed by atoms with E-state index in [1.54, 1.807) is 6.92 Å². The van der Waals surface area contributed by atoms with Crippen LogP contribution in [0.4, 0.5) is 0 Å². The summed E-state index contributed by atoms with van der Waals surface area (Å²) in [6, 6.07) is 0. The first-order valence-electron chi connectivity index (χ1n) is 7.51. The van der Waals surface area contributed by atoms with E-state index in [0.717, 1.165) is 5.71 Å². The molecule has 0 aromatic heterocycles. The molecule has 0 rings (SSSR count). The predicted octanol–water partition coefficient (Wildman–Crippen LogP) is 3.96. The Bertz CT molecular complexity index is 273. The van der Waals surface area contributed by atoms with E-state index in [1.165, 1.54) is 0 Å². The molecule has 21 heavy (non-hydrogen) atoms. The number of carbonyl (C=O) groups excluding carboxylic acids is 1. The Morgan fingerprint density at radius 3 is 1.33 bits per heavy atom. The van der Waals surface area contributed by atoms with Crippen molar-refractivity contribution < 1.29 is 14.5 Å². The summed E-state index contributed by atoms with van der Waals surface area (Å²) in [5.74, 6) is 5.63. The lowest BCUT2D eigenvalue weighted by atomic mass is 10.1. The average molecular weight is 304 g/mol. The Morgan fingerprint density at radius 1 is 0.857 bits per heavy atom. The lowest BCUT2D eigenvalue weighted by Gasteiger charge is -2.05. The van der Waals surface area contributed by atoms with Gasteiger partial charge in [-0.25, -0.2) is 5.90 Å². The first-order valence-corrected chi connectivity index (χ1v) is 7.51. The van der Waals surface area contributed by atoms with Gasteiger partial charge in [-0.3, -0.25) is 4.79 Å². The van der Waals surface area contributed by atoms with Gasteiger partial charge in [0.25, 0.3) is 0 Å². The highest BCUT2D eigenvalue weighted by Gasteiger charge is 1.98. The fourth-order valence-electron chi connectivity index (χ4n) is 0.294. The fourth-order valence-corrected chi connectivity index (χ4v) is 0.294. The van der Waals surface area contributed by atoms with Crippen LogP contribution in [0.2, 0.25) is 0 Å². The van der Waals surface area contributed by atoms with Gasteiger partial charge in [-0.15, -0.1) is 0 Å². The number of ketones is 1. The highest BCUT2D eigenvalue weighted by atomic mass is 16.6. The molecule has 0 aromatic carbocycles. The normalized spacial score (nSPS) is 11.1. The SMILES string of the molecule is CC(=NOC(C)C)C(C)C.CC(=O)C(C)C.CC(C)ON. The number of oxime groups is 1. The van der Waals surface area contributed by atoms with Crippen molar-refractivity contribution in [3.8, 4) is 0 Å². The summed E-state index contributed by atoms with van der Waals surface area (Å²) in [6.07, 6.45) is 0.351. The summed E-state index contributed by atoms with van der Waals surface area (Å²) in [7, 11) is 0. The van der Waals surface area contributed by atoms with Gasteiger partial charge in [-0.1, -0.05) is 32.9 Å². The Kier molecular flexibility index (Phi) is 18.4. The zero-order valence-electron chi connectivity index (χ0n) is 15.6. The zero-order chi connectivity index (χ0) is 17.6.